The maximum absolute atomic E-state index is 12.4. The van der Waals surface area contributed by atoms with E-state index in [2.05, 4.69) is 10.9 Å². The first-order valence-electron chi connectivity index (χ1n) is 7.92. The zero-order valence-electron chi connectivity index (χ0n) is 13.8. The fourth-order valence-electron chi connectivity index (χ4n) is 2.46. The molecule has 0 radical (unpaired) electrons. The molecule has 2 aromatic carbocycles. The maximum atomic E-state index is 12.4. The molecule has 0 bridgehead atoms. The standard InChI is InChI=1S/C18H19N3O4/c1-2-7-16(13-8-4-3-5-9-13)18(23)20-19-17(22)14-10-6-11-15(12-14)21(24)25/h3-6,8-12,16H,2,7H2,1H3,(H,19,22)(H,20,23). The van der Waals surface area contributed by atoms with Gasteiger partial charge in [-0.25, -0.2) is 0 Å². The molecule has 0 aliphatic carbocycles. The molecule has 7 nitrogen and oxygen atoms in total. The number of nitrogens with zero attached hydrogens (tertiary/aromatic N) is 1. The summed E-state index contributed by atoms with van der Waals surface area (Å²) in [6, 6.07) is 14.6. The molecule has 2 N–H and O–H groups in total. The number of non-ortho nitro benzene ring substituents is 1. The van der Waals surface area contributed by atoms with E-state index in [1.807, 2.05) is 37.3 Å². The molecule has 25 heavy (non-hydrogen) atoms. The Balaban J connectivity index is 2.03. The van der Waals surface area contributed by atoms with Gasteiger partial charge in [-0.3, -0.25) is 30.6 Å². The Bertz CT molecular complexity index is 762. The third-order valence-electron chi connectivity index (χ3n) is 3.71. The van der Waals surface area contributed by atoms with Gasteiger partial charge in [-0.05, 0) is 18.1 Å². The van der Waals surface area contributed by atoms with Crippen LogP contribution in [0.1, 0.15) is 41.6 Å². The smallest absolute Gasteiger partial charge is 0.270 e. The minimum atomic E-state index is -0.611. The van der Waals surface area contributed by atoms with E-state index >= 15 is 0 Å². The molecule has 0 aliphatic rings. The second-order valence-electron chi connectivity index (χ2n) is 5.50. The summed E-state index contributed by atoms with van der Waals surface area (Å²) in [5, 5.41) is 10.8. The van der Waals surface area contributed by atoms with Gasteiger partial charge in [0.2, 0.25) is 5.91 Å². The monoisotopic (exact) mass is 341 g/mol. The number of hydrogen-bond donors (Lipinski definition) is 2. The molecule has 2 aromatic rings. The summed E-state index contributed by atoms with van der Waals surface area (Å²) in [4.78, 5) is 34.7. The van der Waals surface area contributed by atoms with Crippen LogP contribution in [0.5, 0.6) is 0 Å². The minimum Gasteiger partial charge on any atom is -0.273 e. The molecule has 2 amide bonds. The van der Waals surface area contributed by atoms with Crippen LogP contribution < -0.4 is 10.9 Å². The molecule has 1 atom stereocenters. The fraction of sp³-hybridized carbons (Fsp3) is 0.222. The first-order chi connectivity index (χ1) is 12.0. The van der Waals surface area contributed by atoms with Gasteiger partial charge in [-0.2, -0.15) is 0 Å². The first-order valence-corrected chi connectivity index (χ1v) is 7.92. The normalized spacial score (nSPS) is 11.4. The zero-order chi connectivity index (χ0) is 18.2. The van der Waals surface area contributed by atoms with Crippen LogP contribution in [-0.4, -0.2) is 16.7 Å². The van der Waals surface area contributed by atoms with Crippen molar-refractivity contribution < 1.29 is 14.5 Å². The molecule has 0 heterocycles. The lowest BCUT2D eigenvalue weighted by atomic mass is 9.94. The Morgan fingerprint density at radius 3 is 2.44 bits per heavy atom. The fourth-order valence-corrected chi connectivity index (χ4v) is 2.46. The number of rotatable bonds is 6. The van der Waals surface area contributed by atoms with Crippen molar-refractivity contribution in [3.05, 3.63) is 75.8 Å². The molecule has 1 unspecified atom stereocenters. The lowest BCUT2D eigenvalue weighted by molar-refractivity contribution is -0.384. The van der Waals surface area contributed by atoms with Crippen LogP contribution in [0, 0.1) is 10.1 Å². The largest absolute Gasteiger partial charge is 0.273 e. The topological polar surface area (TPSA) is 101 Å². The van der Waals surface area contributed by atoms with Crippen molar-refractivity contribution in [2.75, 3.05) is 0 Å². The van der Waals surface area contributed by atoms with Crippen LogP contribution >= 0.6 is 0 Å². The van der Waals surface area contributed by atoms with Crippen LogP contribution in [0.4, 0.5) is 5.69 Å². The molecule has 0 saturated heterocycles. The predicted molar refractivity (Wildman–Crippen MR) is 92.8 cm³/mol. The molecule has 0 saturated carbocycles. The number of benzene rings is 2. The number of carbonyl (C=O) groups excluding carboxylic acids is 2. The van der Waals surface area contributed by atoms with E-state index in [9.17, 15) is 19.7 Å². The number of carbonyl (C=O) groups is 2. The van der Waals surface area contributed by atoms with Crippen LogP contribution in [0.2, 0.25) is 0 Å². The van der Waals surface area contributed by atoms with Gasteiger partial charge in [0.1, 0.15) is 0 Å². The highest BCUT2D eigenvalue weighted by molar-refractivity contribution is 5.96. The van der Waals surface area contributed by atoms with Crippen molar-refractivity contribution in [3.63, 3.8) is 0 Å². The van der Waals surface area contributed by atoms with Gasteiger partial charge in [0.25, 0.3) is 11.6 Å². The maximum Gasteiger partial charge on any atom is 0.270 e. The first kappa shape index (κ1) is 18.1. The van der Waals surface area contributed by atoms with Gasteiger partial charge in [0, 0.05) is 17.7 Å². The van der Waals surface area contributed by atoms with Crippen molar-refractivity contribution >= 4 is 17.5 Å². The average molecular weight is 341 g/mol. The third-order valence-corrected chi connectivity index (χ3v) is 3.71. The summed E-state index contributed by atoms with van der Waals surface area (Å²) in [6.45, 7) is 1.98. The Morgan fingerprint density at radius 2 is 1.80 bits per heavy atom. The van der Waals surface area contributed by atoms with E-state index in [0.29, 0.717) is 6.42 Å². The highest BCUT2D eigenvalue weighted by Crippen LogP contribution is 2.21. The predicted octanol–water partition coefficient (Wildman–Crippen LogP) is 2.94. The number of hydrazine groups is 1. The molecule has 0 aliphatic heterocycles. The highest BCUT2D eigenvalue weighted by Gasteiger charge is 2.20. The number of nitro groups is 1. The van der Waals surface area contributed by atoms with Crippen LogP contribution in [-0.2, 0) is 4.79 Å². The molecular formula is C18H19N3O4. The van der Waals surface area contributed by atoms with E-state index in [-0.39, 0.29) is 23.1 Å². The van der Waals surface area contributed by atoms with Crippen molar-refractivity contribution in [2.24, 2.45) is 0 Å². The molecule has 0 aromatic heterocycles. The quantitative estimate of drug-likeness (QED) is 0.623. The van der Waals surface area contributed by atoms with E-state index < -0.39 is 10.8 Å². The van der Waals surface area contributed by atoms with E-state index in [4.69, 9.17) is 0 Å². The minimum absolute atomic E-state index is 0.0984. The van der Waals surface area contributed by atoms with Crippen molar-refractivity contribution in [1.82, 2.24) is 10.9 Å². The third kappa shape index (κ3) is 4.87. The van der Waals surface area contributed by atoms with E-state index in [1.165, 1.54) is 18.2 Å². The summed E-state index contributed by atoms with van der Waals surface area (Å²) in [6.07, 6.45) is 1.45. The van der Waals surface area contributed by atoms with Gasteiger partial charge < -0.3 is 0 Å². The molecule has 130 valence electrons. The number of nitro benzene ring substituents is 1. The van der Waals surface area contributed by atoms with E-state index in [0.717, 1.165) is 18.1 Å². The lowest BCUT2D eigenvalue weighted by Crippen LogP contribution is -2.44. The summed E-state index contributed by atoms with van der Waals surface area (Å²) in [5.74, 6) is -1.32. The average Bonchev–Trinajstić information content (AvgIpc) is 2.64. The zero-order valence-corrected chi connectivity index (χ0v) is 13.8. The van der Waals surface area contributed by atoms with Crippen LogP contribution in [0.3, 0.4) is 0 Å². The summed E-state index contributed by atoms with van der Waals surface area (Å²) < 4.78 is 0. The number of hydrogen-bond acceptors (Lipinski definition) is 4. The molecule has 0 fully saturated rings. The van der Waals surface area contributed by atoms with Crippen molar-refractivity contribution in [1.29, 1.82) is 0 Å². The Kier molecular flexibility index (Phi) is 6.22. The highest BCUT2D eigenvalue weighted by atomic mass is 16.6. The Morgan fingerprint density at radius 1 is 1.08 bits per heavy atom. The van der Waals surface area contributed by atoms with E-state index in [1.54, 1.807) is 0 Å². The van der Waals surface area contributed by atoms with Gasteiger partial charge in [-0.1, -0.05) is 49.7 Å². The summed E-state index contributed by atoms with van der Waals surface area (Å²) in [5.41, 5.74) is 5.49. The lowest BCUT2D eigenvalue weighted by Gasteiger charge is -2.17. The van der Waals surface area contributed by atoms with Crippen molar-refractivity contribution in [3.8, 4) is 0 Å². The number of amides is 2. The van der Waals surface area contributed by atoms with Gasteiger partial charge >= 0.3 is 0 Å². The molecule has 0 spiro atoms. The second-order valence-corrected chi connectivity index (χ2v) is 5.50. The summed E-state index contributed by atoms with van der Waals surface area (Å²) in [7, 11) is 0. The second kappa shape index (κ2) is 8.58. The molecule has 2 rings (SSSR count). The molecular weight excluding hydrogens is 322 g/mol. The Hall–Kier alpha value is -3.22. The van der Waals surface area contributed by atoms with Crippen LogP contribution in [0.15, 0.2) is 54.6 Å². The summed E-state index contributed by atoms with van der Waals surface area (Å²) >= 11 is 0. The SMILES string of the molecule is CCCC(C(=O)NNC(=O)c1cccc([N+](=O)[O-])c1)c1ccccc1. The van der Waals surface area contributed by atoms with Crippen LogP contribution in [0.25, 0.3) is 0 Å². The molecule has 7 heteroatoms. The van der Waals surface area contributed by atoms with Gasteiger partial charge in [-0.15, -0.1) is 0 Å². The van der Waals surface area contributed by atoms with Crippen molar-refractivity contribution in [2.45, 2.75) is 25.7 Å². The van der Waals surface area contributed by atoms with Gasteiger partial charge in [0.05, 0.1) is 10.8 Å². The van der Waals surface area contributed by atoms with Gasteiger partial charge in [0.15, 0.2) is 0 Å². The number of nitrogens with one attached hydrogen (secondary N) is 2. The Labute approximate surface area is 145 Å².